The second-order valence-corrected chi connectivity index (χ2v) is 3.41. The Balaban J connectivity index is 2.70. The number of hydrogen-bond donors (Lipinski definition) is 0. The van der Waals surface area contributed by atoms with Crippen LogP contribution >= 0.6 is 0 Å². The van der Waals surface area contributed by atoms with Crippen molar-refractivity contribution >= 4 is 11.6 Å². The molecule has 1 rings (SSSR count). The number of rotatable bonds is 1. The average Bonchev–Trinajstić information content (AvgIpc) is 2.01. The van der Waals surface area contributed by atoms with Crippen molar-refractivity contribution < 1.29 is 22.8 Å². The number of ketones is 2. The number of piperidine rings is 1. The number of nitrogens with zero attached hydrogens (tertiary/aromatic N) is 1. The fourth-order valence-electron chi connectivity index (χ4n) is 1.44. The highest BCUT2D eigenvalue weighted by Crippen LogP contribution is 2.25. The first-order valence-electron chi connectivity index (χ1n) is 4.14. The van der Waals surface area contributed by atoms with Gasteiger partial charge in [-0.25, -0.2) is 0 Å². The van der Waals surface area contributed by atoms with Gasteiger partial charge in [0.25, 0.3) is 0 Å². The third-order valence-corrected chi connectivity index (χ3v) is 2.21. The lowest BCUT2D eigenvalue weighted by atomic mass is 9.91. The minimum absolute atomic E-state index is 0.0341. The fourth-order valence-corrected chi connectivity index (χ4v) is 1.44. The van der Waals surface area contributed by atoms with Gasteiger partial charge in [-0.05, 0) is 20.0 Å². The Morgan fingerprint density at radius 3 is 2.50 bits per heavy atom. The molecule has 0 aromatic rings. The van der Waals surface area contributed by atoms with Crippen LogP contribution in [0.1, 0.15) is 6.42 Å². The van der Waals surface area contributed by atoms with Crippen LogP contribution in [0.5, 0.6) is 0 Å². The lowest BCUT2D eigenvalue weighted by Crippen LogP contribution is -2.45. The second kappa shape index (κ2) is 3.68. The summed E-state index contributed by atoms with van der Waals surface area (Å²) in [6, 6.07) is 0. The first kappa shape index (κ1) is 11.2. The molecule has 1 fully saturated rings. The Kier molecular flexibility index (Phi) is 2.94. The molecule has 0 aliphatic carbocycles. The molecular weight excluding hydrogens is 199 g/mol. The lowest BCUT2D eigenvalue weighted by Gasteiger charge is -2.27. The summed E-state index contributed by atoms with van der Waals surface area (Å²) < 4.78 is 36.0. The van der Waals surface area contributed by atoms with Gasteiger partial charge in [-0.2, -0.15) is 13.2 Å². The van der Waals surface area contributed by atoms with Crippen LogP contribution in [-0.2, 0) is 9.59 Å². The summed E-state index contributed by atoms with van der Waals surface area (Å²) in [5.41, 5.74) is 0. The highest BCUT2D eigenvalue weighted by molar-refractivity contribution is 6.05. The number of carbonyl (C=O) groups is 2. The van der Waals surface area contributed by atoms with E-state index in [1.165, 1.54) is 0 Å². The van der Waals surface area contributed by atoms with Crippen molar-refractivity contribution in [2.24, 2.45) is 5.92 Å². The van der Waals surface area contributed by atoms with Crippen molar-refractivity contribution in [3.05, 3.63) is 0 Å². The molecule has 1 saturated heterocycles. The standard InChI is InChI=1S/C8H10F3NO2/c1-12-3-2-5(6(13)4-12)7(14)8(9,10)11/h5H,2-4H2,1H3. The number of likely N-dealkylation sites (tertiary alicyclic amines) is 1. The smallest absolute Gasteiger partial charge is 0.299 e. The number of alkyl halides is 3. The first-order chi connectivity index (χ1) is 6.32. The lowest BCUT2D eigenvalue weighted by molar-refractivity contribution is -0.177. The van der Waals surface area contributed by atoms with Crippen molar-refractivity contribution in [2.45, 2.75) is 12.6 Å². The number of Topliss-reactive ketones (excluding diaryl/α,β-unsaturated/α-hetero) is 2. The Hall–Kier alpha value is -0.910. The Morgan fingerprint density at radius 1 is 1.50 bits per heavy atom. The van der Waals surface area contributed by atoms with Crippen molar-refractivity contribution in [1.82, 2.24) is 4.90 Å². The minimum Gasteiger partial charge on any atom is -0.299 e. The molecule has 3 nitrogen and oxygen atoms in total. The van der Waals surface area contributed by atoms with Crippen molar-refractivity contribution in [1.29, 1.82) is 0 Å². The minimum atomic E-state index is -4.89. The molecule has 0 aromatic carbocycles. The molecule has 0 aromatic heterocycles. The van der Waals surface area contributed by atoms with Crippen LogP contribution in [0, 0.1) is 5.92 Å². The Labute approximate surface area is 78.9 Å². The predicted molar refractivity (Wildman–Crippen MR) is 41.7 cm³/mol. The van der Waals surface area contributed by atoms with E-state index in [1.807, 2.05) is 0 Å². The summed E-state index contributed by atoms with van der Waals surface area (Å²) in [6.07, 6.45) is -4.93. The Bertz CT molecular complexity index is 262. The van der Waals surface area contributed by atoms with Crippen molar-refractivity contribution in [3.63, 3.8) is 0 Å². The topological polar surface area (TPSA) is 37.4 Å². The summed E-state index contributed by atoms with van der Waals surface area (Å²) in [5, 5.41) is 0. The molecule has 1 aliphatic heterocycles. The van der Waals surface area contributed by atoms with Crippen LogP contribution in [0.4, 0.5) is 13.2 Å². The molecule has 0 radical (unpaired) electrons. The third kappa shape index (κ3) is 2.31. The maximum atomic E-state index is 12.0. The van der Waals surface area contributed by atoms with Gasteiger partial charge in [-0.15, -0.1) is 0 Å². The first-order valence-corrected chi connectivity index (χ1v) is 4.14. The van der Waals surface area contributed by atoms with Gasteiger partial charge in [0.1, 0.15) is 0 Å². The molecule has 6 heteroatoms. The zero-order chi connectivity index (χ0) is 10.9. The quantitative estimate of drug-likeness (QED) is 0.595. The second-order valence-electron chi connectivity index (χ2n) is 3.41. The molecule has 1 aliphatic rings. The molecule has 14 heavy (non-hydrogen) atoms. The van der Waals surface area contributed by atoms with E-state index in [9.17, 15) is 22.8 Å². The van der Waals surface area contributed by atoms with Crippen LogP contribution in [0.15, 0.2) is 0 Å². The SMILES string of the molecule is CN1CCC(C(=O)C(F)(F)F)C(=O)C1. The van der Waals surface area contributed by atoms with Crippen LogP contribution in [0.2, 0.25) is 0 Å². The monoisotopic (exact) mass is 209 g/mol. The molecule has 0 spiro atoms. The zero-order valence-corrected chi connectivity index (χ0v) is 7.60. The van der Waals surface area contributed by atoms with Gasteiger partial charge in [0, 0.05) is 0 Å². The molecule has 1 unspecified atom stereocenters. The number of halogens is 3. The Morgan fingerprint density at radius 2 is 2.07 bits per heavy atom. The molecule has 0 N–H and O–H groups in total. The maximum absolute atomic E-state index is 12.0. The van der Waals surface area contributed by atoms with E-state index in [0.29, 0.717) is 6.54 Å². The molecule has 0 saturated carbocycles. The summed E-state index contributed by atoms with van der Waals surface area (Å²) >= 11 is 0. The predicted octanol–water partition coefficient (Wildman–Crippen LogP) is 0.639. The highest BCUT2D eigenvalue weighted by Gasteiger charge is 2.46. The van der Waals surface area contributed by atoms with E-state index < -0.39 is 23.7 Å². The van der Waals surface area contributed by atoms with Gasteiger partial charge in [0.2, 0.25) is 5.78 Å². The van der Waals surface area contributed by atoms with Crippen molar-refractivity contribution in [3.8, 4) is 0 Å². The fraction of sp³-hybridized carbons (Fsp3) is 0.750. The molecule has 1 heterocycles. The van der Waals surface area contributed by atoms with Crippen LogP contribution < -0.4 is 0 Å². The molecule has 80 valence electrons. The van der Waals surface area contributed by atoms with E-state index in [2.05, 4.69) is 0 Å². The van der Waals surface area contributed by atoms with Gasteiger partial charge >= 0.3 is 6.18 Å². The highest BCUT2D eigenvalue weighted by atomic mass is 19.4. The van der Waals surface area contributed by atoms with Gasteiger partial charge in [0.05, 0.1) is 12.5 Å². The zero-order valence-electron chi connectivity index (χ0n) is 7.60. The van der Waals surface area contributed by atoms with E-state index in [1.54, 1.807) is 11.9 Å². The van der Waals surface area contributed by atoms with Gasteiger partial charge in [-0.3, -0.25) is 14.5 Å². The van der Waals surface area contributed by atoms with Crippen LogP contribution in [0.25, 0.3) is 0 Å². The number of hydrogen-bond acceptors (Lipinski definition) is 3. The number of likely N-dealkylation sites (N-methyl/N-ethyl adjacent to an activating group) is 1. The van der Waals surface area contributed by atoms with Crippen LogP contribution in [-0.4, -0.2) is 42.8 Å². The summed E-state index contributed by atoms with van der Waals surface area (Å²) in [6.45, 7) is 0.269. The average molecular weight is 209 g/mol. The van der Waals surface area contributed by atoms with E-state index in [-0.39, 0.29) is 13.0 Å². The molecular formula is C8H10F3NO2. The molecule has 0 amide bonds. The van der Waals surface area contributed by atoms with E-state index in [0.717, 1.165) is 0 Å². The van der Waals surface area contributed by atoms with E-state index >= 15 is 0 Å². The summed E-state index contributed by atoms with van der Waals surface area (Å²) in [4.78, 5) is 23.5. The third-order valence-electron chi connectivity index (χ3n) is 2.21. The van der Waals surface area contributed by atoms with Crippen LogP contribution in [0.3, 0.4) is 0 Å². The van der Waals surface area contributed by atoms with E-state index in [4.69, 9.17) is 0 Å². The largest absolute Gasteiger partial charge is 0.450 e. The van der Waals surface area contributed by atoms with Gasteiger partial charge in [0.15, 0.2) is 5.78 Å². The van der Waals surface area contributed by atoms with Crippen molar-refractivity contribution in [2.75, 3.05) is 20.1 Å². The number of carbonyl (C=O) groups excluding carboxylic acids is 2. The van der Waals surface area contributed by atoms with Gasteiger partial charge < -0.3 is 0 Å². The van der Waals surface area contributed by atoms with Gasteiger partial charge in [-0.1, -0.05) is 0 Å². The molecule has 1 atom stereocenters. The summed E-state index contributed by atoms with van der Waals surface area (Å²) in [7, 11) is 1.63. The maximum Gasteiger partial charge on any atom is 0.450 e. The summed E-state index contributed by atoms with van der Waals surface area (Å²) in [5.74, 6) is -4.03. The molecule has 0 bridgehead atoms. The normalized spacial score (nSPS) is 25.1.